The van der Waals surface area contributed by atoms with Crippen molar-refractivity contribution >= 4 is 15.9 Å². The Morgan fingerprint density at radius 1 is 1.42 bits per heavy atom. The molecule has 0 spiro atoms. The van der Waals surface area contributed by atoms with Crippen molar-refractivity contribution in [2.75, 3.05) is 13.7 Å². The highest BCUT2D eigenvalue weighted by atomic mass is 79.9. The first-order chi connectivity index (χ1) is 9.20. The summed E-state index contributed by atoms with van der Waals surface area (Å²) in [6.45, 7) is 3.12. The van der Waals surface area contributed by atoms with Gasteiger partial charge in [-0.3, -0.25) is 4.98 Å². The van der Waals surface area contributed by atoms with E-state index < -0.39 is 0 Å². The second-order valence-electron chi connectivity index (χ2n) is 5.26. The van der Waals surface area contributed by atoms with Crippen molar-refractivity contribution < 1.29 is 4.74 Å². The smallest absolute Gasteiger partial charge is 0.0834 e. The molecule has 0 amide bonds. The number of ether oxygens (including phenoxy) is 1. The van der Waals surface area contributed by atoms with Gasteiger partial charge in [-0.05, 0) is 47.4 Å². The lowest BCUT2D eigenvalue weighted by molar-refractivity contribution is -0.0353. The zero-order valence-electron chi connectivity index (χ0n) is 11.8. The molecule has 2 rings (SSSR count). The highest BCUT2D eigenvalue weighted by Crippen LogP contribution is 2.36. The third-order valence-corrected chi connectivity index (χ3v) is 4.61. The standard InChI is InChI=1S/C15H23BrN2O/c1-3-17-14(15(19-2)8-4-5-9-15)10-13-7-6-12(16)11-18-13/h6-7,11,14,17H,3-5,8-10H2,1-2H3. The van der Waals surface area contributed by atoms with Gasteiger partial charge in [0.2, 0.25) is 0 Å². The Balaban J connectivity index is 2.13. The molecule has 1 N–H and O–H groups in total. The predicted molar refractivity (Wildman–Crippen MR) is 81.3 cm³/mol. The average Bonchev–Trinajstić information content (AvgIpc) is 2.91. The second kappa shape index (κ2) is 6.82. The molecule has 0 bridgehead atoms. The molecular formula is C15H23BrN2O. The molecule has 3 nitrogen and oxygen atoms in total. The first kappa shape index (κ1) is 14.9. The fourth-order valence-corrected chi connectivity index (χ4v) is 3.33. The molecule has 1 aromatic rings. The van der Waals surface area contributed by atoms with Crippen LogP contribution >= 0.6 is 15.9 Å². The molecule has 1 fully saturated rings. The van der Waals surface area contributed by atoms with Gasteiger partial charge in [-0.2, -0.15) is 0 Å². The maximum Gasteiger partial charge on any atom is 0.0834 e. The van der Waals surface area contributed by atoms with Crippen LogP contribution in [0.4, 0.5) is 0 Å². The number of halogens is 1. The molecule has 0 aliphatic heterocycles. The van der Waals surface area contributed by atoms with Crippen LogP contribution in [0.2, 0.25) is 0 Å². The van der Waals surface area contributed by atoms with Crippen LogP contribution in [0.5, 0.6) is 0 Å². The van der Waals surface area contributed by atoms with E-state index in [1.807, 2.05) is 13.3 Å². The van der Waals surface area contributed by atoms with E-state index in [0.717, 1.165) is 36.0 Å². The van der Waals surface area contributed by atoms with Gasteiger partial charge < -0.3 is 10.1 Å². The van der Waals surface area contributed by atoms with E-state index in [1.165, 1.54) is 12.8 Å². The van der Waals surface area contributed by atoms with E-state index in [-0.39, 0.29) is 5.60 Å². The monoisotopic (exact) mass is 326 g/mol. The number of hydrogen-bond acceptors (Lipinski definition) is 3. The Hall–Kier alpha value is -0.450. The lowest BCUT2D eigenvalue weighted by Gasteiger charge is -2.37. The molecule has 1 atom stereocenters. The molecule has 1 saturated carbocycles. The predicted octanol–water partition coefficient (Wildman–Crippen LogP) is 3.32. The van der Waals surface area contributed by atoms with Crippen molar-refractivity contribution in [1.82, 2.24) is 10.3 Å². The van der Waals surface area contributed by atoms with Crippen LogP contribution in [0.15, 0.2) is 22.8 Å². The Labute approximate surface area is 124 Å². The van der Waals surface area contributed by atoms with Gasteiger partial charge in [0.25, 0.3) is 0 Å². The van der Waals surface area contributed by atoms with Crippen LogP contribution in [-0.4, -0.2) is 30.3 Å². The van der Waals surface area contributed by atoms with Crippen LogP contribution in [0, 0.1) is 0 Å². The van der Waals surface area contributed by atoms with E-state index >= 15 is 0 Å². The fraction of sp³-hybridized carbons (Fsp3) is 0.667. The van der Waals surface area contributed by atoms with E-state index in [2.05, 4.69) is 45.3 Å². The van der Waals surface area contributed by atoms with Crippen molar-refractivity contribution in [3.8, 4) is 0 Å². The summed E-state index contributed by atoms with van der Waals surface area (Å²) in [6, 6.07) is 4.49. The molecule has 19 heavy (non-hydrogen) atoms. The number of nitrogens with zero attached hydrogens (tertiary/aromatic N) is 1. The summed E-state index contributed by atoms with van der Waals surface area (Å²) >= 11 is 3.43. The van der Waals surface area contributed by atoms with Gasteiger partial charge in [0.05, 0.1) is 5.60 Å². The maximum absolute atomic E-state index is 5.91. The summed E-state index contributed by atoms with van der Waals surface area (Å²) < 4.78 is 6.94. The van der Waals surface area contributed by atoms with Gasteiger partial charge in [-0.25, -0.2) is 0 Å². The Morgan fingerprint density at radius 3 is 2.68 bits per heavy atom. The number of rotatable bonds is 6. The number of methoxy groups -OCH3 is 1. The summed E-state index contributed by atoms with van der Waals surface area (Å²) in [6.07, 6.45) is 7.63. The van der Waals surface area contributed by atoms with Crippen LogP contribution in [0.25, 0.3) is 0 Å². The summed E-state index contributed by atoms with van der Waals surface area (Å²) in [5.74, 6) is 0. The van der Waals surface area contributed by atoms with Crippen molar-refractivity contribution in [2.24, 2.45) is 0 Å². The normalized spacial score (nSPS) is 19.5. The van der Waals surface area contributed by atoms with Crippen molar-refractivity contribution in [3.63, 3.8) is 0 Å². The molecule has 1 heterocycles. The molecule has 106 valence electrons. The highest BCUT2D eigenvalue weighted by Gasteiger charge is 2.41. The lowest BCUT2D eigenvalue weighted by atomic mass is 9.88. The molecule has 0 saturated heterocycles. The van der Waals surface area contributed by atoms with Gasteiger partial charge >= 0.3 is 0 Å². The molecule has 1 aromatic heterocycles. The van der Waals surface area contributed by atoms with Crippen molar-refractivity contribution in [2.45, 2.75) is 50.7 Å². The highest BCUT2D eigenvalue weighted by molar-refractivity contribution is 9.10. The van der Waals surface area contributed by atoms with Gasteiger partial charge in [-0.1, -0.05) is 19.8 Å². The summed E-state index contributed by atoms with van der Waals surface area (Å²) in [4.78, 5) is 4.49. The van der Waals surface area contributed by atoms with Gasteiger partial charge in [-0.15, -0.1) is 0 Å². The maximum atomic E-state index is 5.91. The zero-order chi connectivity index (χ0) is 13.7. The number of hydrogen-bond donors (Lipinski definition) is 1. The van der Waals surface area contributed by atoms with Crippen molar-refractivity contribution in [1.29, 1.82) is 0 Å². The molecule has 1 aliphatic carbocycles. The van der Waals surface area contributed by atoms with Crippen LogP contribution in [0.1, 0.15) is 38.3 Å². The summed E-state index contributed by atoms with van der Waals surface area (Å²) in [7, 11) is 1.85. The van der Waals surface area contributed by atoms with E-state index in [0.29, 0.717) is 6.04 Å². The average molecular weight is 327 g/mol. The van der Waals surface area contributed by atoms with Gasteiger partial charge in [0.1, 0.15) is 0 Å². The first-order valence-electron chi connectivity index (χ1n) is 7.09. The molecule has 0 radical (unpaired) electrons. The lowest BCUT2D eigenvalue weighted by Crippen LogP contribution is -2.51. The first-order valence-corrected chi connectivity index (χ1v) is 7.88. The molecule has 0 aromatic carbocycles. The van der Waals surface area contributed by atoms with Gasteiger partial charge in [0.15, 0.2) is 0 Å². The number of likely N-dealkylation sites (N-methyl/N-ethyl adjacent to an activating group) is 1. The largest absolute Gasteiger partial charge is 0.377 e. The quantitative estimate of drug-likeness (QED) is 0.870. The van der Waals surface area contributed by atoms with Crippen molar-refractivity contribution in [3.05, 3.63) is 28.5 Å². The second-order valence-corrected chi connectivity index (χ2v) is 6.17. The Bertz CT molecular complexity index is 388. The SMILES string of the molecule is CCNC(Cc1ccc(Br)cn1)C1(OC)CCCC1. The number of nitrogens with one attached hydrogen (secondary N) is 1. The van der Waals surface area contributed by atoms with E-state index in [4.69, 9.17) is 4.74 Å². The topological polar surface area (TPSA) is 34.2 Å². The third-order valence-electron chi connectivity index (χ3n) is 4.14. The summed E-state index contributed by atoms with van der Waals surface area (Å²) in [5, 5.41) is 3.60. The Morgan fingerprint density at radius 2 is 2.16 bits per heavy atom. The molecule has 1 aliphatic rings. The zero-order valence-corrected chi connectivity index (χ0v) is 13.4. The Kier molecular flexibility index (Phi) is 5.37. The van der Waals surface area contributed by atoms with Crippen LogP contribution < -0.4 is 5.32 Å². The number of aromatic nitrogens is 1. The summed E-state index contributed by atoms with van der Waals surface area (Å²) in [5.41, 5.74) is 1.11. The van der Waals surface area contributed by atoms with E-state index in [9.17, 15) is 0 Å². The van der Waals surface area contributed by atoms with Crippen LogP contribution in [0.3, 0.4) is 0 Å². The van der Waals surface area contributed by atoms with E-state index in [1.54, 1.807) is 0 Å². The molecular weight excluding hydrogens is 304 g/mol. The minimum atomic E-state index is -0.00916. The minimum Gasteiger partial charge on any atom is -0.377 e. The third kappa shape index (κ3) is 3.56. The minimum absolute atomic E-state index is 0.00916. The molecule has 1 unspecified atom stereocenters. The number of pyridine rings is 1. The fourth-order valence-electron chi connectivity index (χ4n) is 3.10. The van der Waals surface area contributed by atoms with Gasteiger partial charge in [0, 0.05) is 35.9 Å². The molecule has 4 heteroatoms. The van der Waals surface area contributed by atoms with Crippen LogP contribution in [-0.2, 0) is 11.2 Å².